The summed E-state index contributed by atoms with van der Waals surface area (Å²) in [5, 5.41) is 10.8. The summed E-state index contributed by atoms with van der Waals surface area (Å²) in [7, 11) is 0. The van der Waals surface area contributed by atoms with Gasteiger partial charge in [0.25, 0.3) is 6.01 Å². The third kappa shape index (κ3) is 3.24. The first kappa shape index (κ1) is 15.9. The number of carbonyl (C=O) groups excluding carboxylic acids is 1. The molecule has 0 aliphatic carbocycles. The fourth-order valence-electron chi connectivity index (χ4n) is 2.43. The Bertz CT molecular complexity index is 635. The Balaban J connectivity index is 0.00000161. The molecule has 0 N–H and O–H groups in total. The van der Waals surface area contributed by atoms with Gasteiger partial charge >= 0.3 is 18.9 Å². The van der Waals surface area contributed by atoms with Crippen LogP contribution in [0.3, 0.4) is 0 Å². The number of benzene rings is 1. The Morgan fingerprint density at radius 1 is 1.33 bits per heavy atom. The zero-order valence-corrected chi connectivity index (χ0v) is 12.3. The van der Waals surface area contributed by atoms with Crippen LogP contribution >= 0.6 is 0 Å². The van der Waals surface area contributed by atoms with Crippen LogP contribution in [0.1, 0.15) is 17.3 Å². The number of oxazole rings is 1. The maximum atomic E-state index is 10.8. The summed E-state index contributed by atoms with van der Waals surface area (Å²) < 4.78 is 5.69. The van der Waals surface area contributed by atoms with Crippen molar-refractivity contribution in [1.29, 1.82) is 0 Å². The molecule has 1 aliphatic heterocycles. The summed E-state index contributed by atoms with van der Waals surface area (Å²) in [6, 6.07) is 5.15. The molecule has 2 heterocycles. The molecule has 0 atom stereocenters. The quantitative estimate of drug-likeness (QED) is 0.572. The van der Waals surface area contributed by atoms with Crippen molar-refractivity contribution in [1.82, 2.24) is 9.88 Å². The number of carbonyl (C=O) groups is 1. The molecule has 1 aromatic heterocycles. The van der Waals surface area contributed by atoms with Crippen LogP contribution < -0.4 is 28.9 Å². The molecular formula is C14H16LiN3O3. The maximum Gasteiger partial charge on any atom is 1.00 e. The van der Waals surface area contributed by atoms with Crippen LogP contribution in [0.2, 0.25) is 0 Å². The van der Waals surface area contributed by atoms with Crippen molar-refractivity contribution in [2.45, 2.75) is 6.92 Å². The number of piperazine rings is 1. The molecule has 106 valence electrons. The van der Waals surface area contributed by atoms with Crippen molar-refractivity contribution < 1.29 is 33.2 Å². The number of likely N-dealkylation sites (N-methyl/N-ethyl adjacent to an activating group) is 1. The Morgan fingerprint density at radius 2 is 2.05 bits per heavy atom. The molecule has 0 unspecified atom stereocenters. The fraction of sp³-hybridized carbons (Fsp3) is 0.429. The summed E-state index contributed by atoms with van der Waals surface area (Å²) >= 11 is 0. The molecule has 0 saturated carbocycles. The molecule has 0 radical (unpaired) electrons. The van der Waals surface area contributed by atoms with Crippen LogP contribution in [-0.2, 0) is 0 Å². The van der Waals surface area contributed by atoms with Gasteiger partial charge in [-0.3, -0.25) is 0 Å². The first-order valence-electron chi connectivity index (χ1n) is 6.76. The molecule has 0 bridgehead atoms. The van der Waals surface area contributed by atoms with Crippen molar-refractivity contribution in [3.63, 3.8) is 0 Å². The zero-order chi connectivity index (χ0) is 14.1. The van der Waals surface area contributed by atoms with E-state index in [0.29, 0.717) is 17.1 Å². The van der Waals surface area contributed by atoms with Crippen LogP contribution in [0.15, 0.2) is 22.6 Å². The molecule has 1 fully saturated rings. The van der Waals surface area contributed by atoms with E-state index in [9.17, 15) is 9.90 Å². The predicted octanol–water partition coefficient (Wildman–Crippen LogP) is -2.66. The molecule has 2 aromatic rings. The third-order valence-electron chi connectivity index (χ3n) is 3.70. The predicted molar refractivity (Wildman–Crippen MR) is 72.7 cm³/mol. The van der Waals surface area contributed by atoms with E-state index in [4.69, 9.17) is 4.42 Å². The van der Waals surface area contributed by atoms with Gasteiger partial charge in [0, 0.05) is 26.2 Å². The van der Waals surface area contributed by atoms with Crippen LogP contribution in [0.5, 0.6) is 0 Å². The number of carboxylic acid groups (broad SMARTS) is 1. The number of carboxylic acids is 1. The number of hydrogen-bond acceptors (Lipinski definition) is 6. The average Bonchev–Trinajstić information content (AvgIpc) is 2.90. The van der Waals surface area contributed by atoms with E-state index in [1.54, 1.807) is 6.07 Å². The Kier molecular flexibility index (Phi) is 4.94. The summed E-state index contributed by atoms with van der Waals surface area (Å²) in [6.45, 7) is 6.91. The van der Waals surface area contributed by atoms with Gasteiger partial charge in [-0.2, -0.15) is 4.98 Å². The number of nitrogens with zero attached hydrogens (tertiary/aromatic N) is 3. The van der Waals surface area contributed by atoms with Gasteiger partial charge in [0.1, 0.15) is 5.52 Å². The van der Waals surface area contributed by atoms with Crippen molar-refractivity contribution in [3.8, 4) is 0 Å². The number of hydrogen-bond donors (Lipinski definition) is 0. The Morgan fingerprint density at radius 3 is 2.67 bits per heavy atom. The van der Waals surface area contributed by atoms with E-state index in [1.165, 1.54) is 12.1 Å². The second-order valence-corrected chi connectivity index (χ2v) is 4.89. The van der Waals surface area contributed by atoms with Crippen LogP contribution in [0.25, 0.3) is 11.1 Å². The minimum Gasteiger partial charge on any atom is -0.545 e. The van der Waals surface area contributed by atoms with E-state index in [0.717, 1.165) is 32.7 Å². The molecular weight excluding hydrogens is 265 g/mol. The normalized spacial score (nSPS) is 16.0. The zero-order valence-electron chi connectivity index (χ0n) is 12.3. The Hall–Kier alpha value is -1.48. The Labute approximate surface area is 134 Å². The van der Waals surface area contributed by atoms with E-state index in [-0.39, 0.29) is 24.4 Å². The molecule has 7 heteroatoms. The number of rotatable bonds is 3. The smallest absolute Gasteiger partial charge is 0.545 e. The minimum absolute atomic E-state index is 0. The van der Waals surface area contributed by atoms with Crippen molar-refractivity contribution in [2.24, 2.45) is 0 Å². The van der Waals surface area contributed by atoms with Gasteiger partial charge < -0.3 is 24.1 Å². The van der Waals surface area contributed by atoms with Gasteiger partial charge in [-0.15, -0.1) is 0 Å². The standard InChI is InChI=1S/C14H17N3O3.Li/c1-2-16-5-7-17(8-6-16)14-15-11-9-10(13(18)19)3-4-12(11)20-14;/h3-4,9H,2,5-8H2,1H3,(H,18,19);/q;+1/p-1. The van der Waals surface area contributed by atoms with Crippen molar-refractivity contribution in [3.05, 3.63) is 23.8 Å². The molecule has 21 heavy (non-hydrogen) atoms. The number of fused-ring (bicyclic) bond motifs is 1. The van der Waals surface area contributed by atoms with E-state index in [2.05, 4.69) is 21.7 Å². The molecule has 0 spiro atoms. The second kappa shape index (κ2) is 6.52. The van der Waals surface area contributed by atoms with Gasteiger partial charge in [0.15, 0.2) is 5.58 Å². The molecule has 1 aromatic carbocycles. The van der Waals surface area contributed by atoms with E-state index >= 15 is 0 Å². The topological polar surface area (TPSA) is 72.6 Å². The number of aromatic carboxylic acids is 1. The summed E-state index contributed by atoms with van der Waals surface area (Å²) in [5.41, 5.74) is 1.27. The average molecular weight is 281 g/mol. The van der Waals surface area contributed by atoms with Gasteiger partial charge in [-0.25, -0.2) is 0 Å². The molecule has 1 aliphatic rings. The molecule has 0 amide bonds. The monoisotopic (exact) mass is 281 g/mol. The molecule has 1 saturated heterocycles. The maximum absolute atomic E-state index is 10.8. The van der Waals surface area contributed by atoms with Crippen LogP contribution in [0.4, 0.5) is 6.01 Å². The van der Waals surface area contributed by atoms with Gasteiger partial charge in [0.05, 0.1) is 5.97 Å². The largest absolute Gasteiger partial charge is 1.00 e. The second-order valence-electron chi connectivity index (χ2n) is 4.89. The summed E-state index contributed by atoms with van der Waals surface area (Å²) in [5.74, 6) is -1.20. The summed E-state index contributed by atoms with van der Waals surface area (Å²) in [6.07, 6.45) is 0. The van der Waals surface area contributed by atoms with Gasteiger partial charge in [0.2, 0.25) is 0 Å². The minimum atomic E-state index is -1.20. The first-order chi connectivity index (χ1) is 9.67. The third-order valence-corrected chi connectivity index (χ3v) is 3.70. The number of aromatic nitrogens is 1. The van der Waals surface area contributed by atoms with Crippen LogP contribution in [0, 0.1) is 0 Å². The molecule has 6 nitrogen and oxygen atoms in total. The van der Waals surface area contributed by atoms with E-state index < -0.39 is 5.97 Å². The molecule has 3 rings (SSSR count). The van der Waals surface area contributed by atoms with Crippen molar-refractivity contribution >= 4 is 23.1 Å². The number of anilines is 1. The van der Waals surface area contributed by atoms with Gasteiger partial charge in [-0.1, -0.05) is 6.92 Å². The van der Waals surface area contributed by atoms with Crippen molar-refractivity contribution in [2.75, 3.05) is 37.6 Å². The fourth-order valence-corrected chi connectivity index (χ4v) is 2.43. The van der Waals surface area contributed by atoms with Crippen LogP contribution in [-0.4, -0.2) is 48.6 Å². The van der Waals surface area contributed by atoms with Gasteiger partial charge in [-0.05, 0) is 30.3 Å². The first-order valence-corrected chi connectivity index (χ1v) is 6.76. The summed E-state index contributed by atoms with van der Waals surface area (Å²) in [4.78, 5) is 19.7. The van der Waals surface area contributed by atoms with E-state index in [1.807, 2.05) is 0 Å². The SMILES string of the molecule is CCN1CCN(c2nc3cc(C(=O)[O-])ccc3o2)CC1.[Li+].